The Morgan fingerprint density at radius 3 is 1.55 bits per heavy atom. The van der Waals surface area contributed by atoms with Crippen LogP contribution in [0.1, 0.15) is 51.7 Å². The zero-order chi connectivity index (χ0) is 47.9. The van der Waals surface area contributed by atoms with Gasteiger partial charge < -0.3 is 26.1 Å². The maximum Gasteiger partial charge on any atom is 0.215 e. The van der Waals surface area contributed by atoms with Gasteiger partial charge in [0.1, 0.15) is 0 Å². The number of nitrogens with zero attached hydrogens (tertiary/aromatic N) is 3. The zero-order valence-corrected chi connectivity index (χ0v) is 44.7. The van der Waals surface area contributed by atoms with Crippen LogP contribution in [0.4, 0.5) is 0 Å². The molecule has 5 aliphatic rings. The molecule has 0 saturated carbocycles. The molecule has 5 aliphatic heterocycles. The van der Waals surface area contributed by atoms with Gasteiger partial charge in [-0.3, -0.25) is 9.89 Å². The smallest absolute Gasteiger partial charge is 0.215 e. The predicted molar refractivity (Wildman–Crippen MR) is 273 cm³/mol. The molecule has 2 aromatic rings. The lowest BCUT2D eigenvalue weighted by Crippen LogP contribution is -2.42. The molecule has 1 unspecified atom stereocenters. The predicted octanol–water partition coefficient (Wildman–Crippen LogP) is 5.39. The summed E-state index contributed by atoms with van der Waals surface area (Å²) in [5, 5.41) is 7.91. The van der Waals surface area contributed by atoms with E-state index in [4.69, 9.17) is 40.5 Å². The number of nitrogens with one attached hydrogen (secondary N) is 2. The van der Waals surface area contributed by atoms with E-state index in [1.165, 1.54) is 49.9 Å². The highest BCUT2D eigenvalue weighted by atomic mass is 79.9. The van der Waals surface area contributed by atoms with E-state index in [2.05, 4.69) is 69.3 Å². The van der Waals surface area contributed by atoms with Crippen LogP contribution in [0.5, 0.6) is 0 Å². The van der Waals surface area contributed by atoms with E-state index >= 15 is 0 Å². The number of piperidine rings is 1. The highest BCUT2D eigenvalue weighted by Gasteiger charge is 2.36. The van der Waals surface area contributed by atoms with Gasteiger partial charge in [-0.05, 0) is 99.3 Å². The first kappa shape index (κ1) is 60.5. The SMILES string of the molecule is Br.CCOOC=NC1CS(=O)(=O)C[C@H]1Cl.CCOOC=N[C@@H]1CS(=O)(=O)C[C@H]1C.C[C@@H]1CS(=O)(=O)C[C@H]1N.Clc1ccc(CC2CCNCC2)cc1.Clc1ccc(CN2CCNCC2)cc1. The van der Waals surface area contributed by atoms with Crippen molar-refractivity contribution in [3.63, 3.8) is 0 Å². The number of alkyl halides is 1. The quantitative estimate of drug-likeness (QED) is 0.0607. The van der Waals surface area contributed by atoms with Gasteiger partial charge in [0.15, 0.2) is 29.5 Å². The number of piperazine rings is 1. The van der Waals surface area contributed by atoms with Crippen molar-refractivity contribution in [1.29, 1.82) is 0 Å². The molecule has 0 radical (unpaired) electrons. The molecular weight excluding hydrogens is 1040 g/mol. The van der Waals surface area contributed by atoms with Gasteiger partial charge in [-0.2, -0.15) is 9.78 Å². The van der Waals surface area contributed by atoms with Crippen molar-refractivity contribution in [1.82, 2.24) is 15.5 Å². The molecule has 23 heteroatoms. The molecule has 5 saturated heterocycles. The van der Waals surface area contributed by atoms with E-state index in [9.17, 15) is 25.3 Å². The monoisotopic (exact) mass is 1110 g/mol. The summed E-state index contributed by atoms with van der Waals surface area (Å²) < 4.78 is 66.2. The van der Waals surface area contributed by atoms with Crippen LogP contribution in [0, 0.1) is 17.8 Å². The van der Waals surface area contributed by atoms with Gasteiger partial charge in [0.25, 0.3) is 0 Å². The molecule has 5 heterocycles. The Kier molecular flexibility index (Phi) is 28.9. The Morgan fingerprint density at radius 2 is 1.12 bits per heavy atom. The minimum absolute atomic E-state index is 0. The van der Waals surface area contributed by atoms with Crippen LogP contribution in [-0.2, 0) is 62.0 Å². The lowest BCUT2D eigenvalue weighted by atomic mass is 9.91. The third kappa shape index (κ3) is 25.3. The Hall–Kier alpha value is -1.66. The van der Waals surface area contributed by atoms with Gasteiger partial charge in [-0.25, -0.2) is 30.2 Å². The average Bonchev–Trinajstić information content (AvgIpc) is 3.79. The second-order valence-electron chi connectivity index (χ2n) is 16.7. The van der Waals surface area contributed by atoms with Crippen LogP contribution in [0.3, 0.4) is 0 Å². The second kappa shape index (κ2) is 31.5. The van der Waals surface area contributed by atoms with E-state index in [-0.39, 0.29) is 75.4 Å². The molecule has 5 fully saturated rings. The summed E-state index contributed by atoms with van der Waals surface area (Å²) in [6, 6.07) is 15.6. The molecule has 7 rings (SSSR count). The number of sulfone groups is 3. The van der Waals surface area contributed by atoms with Gasteiger partial charge in [-0.1, -0.05) is 61.3 Å². The molecule has 378 valence electrons. The zero-order valence-electron chi connectivity index (χ0n) is 38.3. The van der Waals surface area contributed by atoms with Gasteiger partial charge in [0.2, 0.25) is 12.8 Å². The van der Waals surface area contributed by atoms with Gasteiger partial charge in [0.05, 0.1) is 65.2 Å². The van der Waals surface area contributed by atoms with Crippen molar-refractivity contribution in [2.75, 3.05) is 87.0 Å². The van der Waals surface area contributed by atoms with Crippen LogP contribution in [0.2, 0.25) is 10.0 Å². The summed E-state index contributed by atoms with van der Waals surface area (Å²) in [5.41, 5.74) is 8.24. The standard InChI is InChI=1S/C12H16ClN.C11H15ClN2.C8H15NO4S.C7H12ClNO4S.C5H11NO2S.BrH/c13-12-3-1-10(2-4-12)9-11-5-7-14-8-6-11;12-11-3-1-10(2-4-11)9-14-7-5-13-6-8-14;1-3-12-13-6-9-8-5-14(10,11)4-7(8)2;1-2-12-13-5-9-7-4-14(10,11)3-6(7)8;1-4-2-9(7,8)3-5(4)6;/h1-4,11,14H,5-9H2;1-4,13H,5-9H2;6-8H,3-5H2,1-2H3;5-7H,2-4H2,1H3;4-5H,2-3,6H2,1H3;1H/t;;7-,8-;6-,7?;4-,5-;/m..111./s1. The van der Waals surface area contributed by atoms with Crippen LogP contribution >= 0.6 is 51.8 Å². The summed E-state index contributed by atoms with van der Waals surface area (Å²) in [4.78, 5) is 28.5. The molecule has 6 atom stereocenters. The summed E-state index contributed by atoms with van der Waals surface area (Å²) in [6.45, 7) is 16.0. The molecule has 0 amide bonds. The van der Waals surface area contributed by atoms with Crippen molar-refractivity contribution in [2.24, 2.45) is 33.5 Å². The highest BCUT2D eigenvalue weighted by molar-refractivity contribution is 8.93. The number of halogens is 4. The molecular formula is C43H70BrCl3N6O10S3. The number of hydrogen-bond donors (Lipinski definition) is 3. The number of hydrogen-bond acceptors (Lipinski definition) is 16. The Morgan fingerprint density at radius 1 is 0.667 bits per heavy atom. The molecule has 4 N–H and O–H groups in total. The third-order valence-electron chi connectivity index (χ3n) is 10.9. The Bertz CT molecular complexity index is 1910. The molecule has 16 nitrogen and oxygen atoms in total. The van der Waals surface area contributed by atoms with Crippen LogP contribution < -0.4 is 16.4 Å². The maximum atomic E-state index is 11.2. The molecule has 2 aromatic carbocycles. The van der Waals surface area contributed by atoms with Crippen LogP contribution in [-0.4, -0.2) is 153 Å². The summed E-state index contributed by atoms with van der Waals surface area (Å²) >= 11 is 17.5. The molecule has 66 heavy (non-hydrogen) atoms. The lowest BCUT2D eigenvalue weighted by Gasteiger charge is -2.27. The van der Waals surface area contributed by atoms with Crippen LogP contribution in [0.15, 0.2) is 58.5 Å². The first-order valence-corrected chi connectivity index (χ1v) is 28.7. The summed E-state index contributed by atoms with van der Waals surface area (Å²) in [5.74, 6) is 1.79. The number of aliphatic imine (C=N–C) groups is 2. The van der Waals surface area contributed by atoms with E-state index in [0.29, 0.717) is 13.2 Å². The molecule has 0 aromatic heterocycles. The van der Waals surface area contributed by atoms with E-state index in [1.54, 1.807) is 13.8 Å². The first-order valence-electron chi connectivity index (χ1n) is 22.0. The van der Waals surface area contributed by atoms with Crippen molar-refractivity contribution >= 4 is 94.1 Å². The molecule has 0 bridgehead atoms. The average molecular weight is 1110 g/mol. The Balaban J connectivity index is 0.000000284. The summed E-state index contributed by atoms with van der Waals surface area (Å²) in [6.07, 6.45) is 6.08. The molecule has 0 spiro atoms. The minimum atomic E-state index is -3.03. The highest BCUT2D eigenvalue weighted by Crippen LogP contribution is 2.23. The van der Waals surface area contributed by atoms with E-state index < -0.39 is 40.9 Å². The molecule has 0 aliphatic carbocycles. The van der Waals surface area contributed by atoms with E-state index in [1.807, 2.05) is 38.1 Å². The van der Waals surface area contributed by atoms with Crippen molar-refractivity contribution in [3.8, 4) is 0 Å². The Labute approximate surface area is 418 Å². The maximum absolute atomic E-state index is 11.2. The van der Waals surface area contributed by atoms with Crippen molar-refractivity contribution in [2.45, 2.75) is 77.0 Å². The number of benzene rings is 2. The lowest BCUT2D eigenvalue weighted by molar-refractivity contribution is -0.212. The van der Waals surface area contributed by atoms with Gasteiger partial charge in [-0.15, -0.1) is 28.6 Å². The number of rotatable bonds is 12. The topological polar surface area (TPSA) is 217 Å². The largest absolute Gasteiger partial charge is 0.327 e. The summed E-state index contributed by atoms with van der Waals surface area (Å²) in [7, 11) is -8.70. The fourth-order valence-electron chi connectivity index (χ4n) is 7.33. The van der Waals surface area contributed by atoms with Gasteiger partial charge in [0, 0.05) is 48.8 Å². The van der Waals surface area contributed by atoms with Crippen molar-refractivity contribution in [3.05, 3.63) is 69.7 Å². The fraction of sp³-hybridized carbons (Fsp3) is 0.674. The van der Waals surface area contributed by atoms with Gasteiger partial charge >= 0.3 is 0 Å². The minimum Gasteiger partial charge on any atom is -0.327 e. The van der Waals surface area contributed by atoms with Crippen LogP contribution in [0.25, 0.3) is 0 Å². The van der Waals surface area contributed by atoms with Crippen molar-refractivity contribution < 1.29 is 44.8 Å². The first-order chi connectivity index (χ1) is 30.8. The fourth-order valence-corrected chi connectivity index (χ4v) is 14.3. The number of nitrogens with two attached hydrogens (primary N) is 1. The normalized spacial score (nSPS) is 26.5. The second-order valence-corrected chi connectivity index (χ2v) is 24.6. The van der Waals surface area contributed by atoms with E-state index in [0.717, 1.165) is 55.1 Å². The third-order valence-corrected chi connectivity index (χ3v) is 17.6.